The Balaban J connectivity index is 2.55. The number of nitrogens with one attached hydrogen (secondary N) is 1. The van der Waals surface area contributed by atoms with E-state index < -0.39 is 0 Å². The molecule has 0 aromatic heterocycles. The molecule has 1 aromatic rings. The Morgan fingerprint density at radius 3 is 2.53 bits per heavy atom. The Labute approximate surface area is 111 Å². The maximum absolute atomic E-state index is 12.0. The van der Waals surface area contributed by atoms with Crippen LogP contribution >= 0.6 is 0 Å². The molecule has 0 spiro atoms. The van der Waals surface area contributed by atoms with Crippen molar-refractivity contribution in [1.29, 1.82) is 0 Å². The van der Waals surface area contributed by atoms with E-state index in [2.05, 4.69) is 5.32 Å². The predicted octanol–water partition coefficient (Wildman–Crippen LogP) is 1.29. The van der Waals surface area contributed by atoms with Crippen LogP contribution in [0.1, 0.15) is 41.3 Å². The molecule has 0 unspecified atom stereocenters. The first kappa shape index (κ1) is 13.5. The van der Waals surface area contributed by atoms with E-state index in [0.29, 0.717) is 23.4 Å². The number of aliphatic hydroxyl groups is 1. The van der Waals surface area contributed by atoms with Gasteiger partial charge in [0, 0.05) is 29.4 Å². The summed E-state index contributed by atoms with van der Waals surface area (Å²) in [6.45, 7) is 4.29. The van der Waals surface area contributed by atoms with E-state index in [1.54, 1.807) is 12.1 Å². The van der Waals surface area contributed by atoms with Crippen LogP contribution in [-0.4, -0.2) is 24.0 Å². The van der Waals surface area contributed by atoms with Crippen molar-refractivity contribution in [3.05, 3.63) is 51.2 Å². The summed E-state index contributed by atoms with van der Waals surface area (Å²) in [5.41, 5.74) is 2.52. The molecule has 0 radical (unpaired) electrons. The smallest absolute Gasteiger partial charge is 0.188 e. The van der Waals surface area contributed by atoms with Crippen LogP contribution in [0.2, 0.25) is 0 Å². The fraction of sp³-hybridized carbons (Fsp3) is 0.333. The normalized spacial score (nSPS) is 13.5. The van der Waals surface area contributed by atoms with Crippen LogP contribution in [0.5, 0.6) is 0 Å². The zero-order chi connectivity index (χ0) is 14.0. The lowest BCUT2D eigenvalue weighted by molar-refractivity contribution is 0.105. The van der Waals surface area contributed by atoms with Crippen molar-refractivity contribution in [1.82, 2.24) is 5.32 Å². The van der Waals surface area contributed by atoms with Gasteiger partial charge in [0.25, 0.3) is 0 Å². The molecule has 0 aliphatic heterocycles. The standard InChI is InChI=1S/C15H17NO3/c1-9(2)10-5-11(18)7-12-13(6-10)15(19)8-14(12)16-3-4-17/h5-9,16-17H,3-4H2,1-2H3. The minimum atomic E-state index is -0.114. The molecular weight excluding hydrogens is 242 g/mol. The number of rotatable bonds is 4. The highest BCUT2D eigenvalue weighted by Gasteiger charge is 2.21. The van der Waals surface area contributed by atoms with Gasteiger partial charge in [0.1, 0.15) is 0 Å². The van der Waals surface area contributed by atoms with Crippen molar-refractivity contribution in [2.24, 2.45) is 0 Å². The van der Waals surface area contributed by atoms with Gasteiger partial charge < -0.3 is 10.4 Å². The van der Waals surface area contributed by atoms with Crippen LogP contribution in [-0.2, 0) is 0 Å². The van der Waals surface area contributed by atoms with Crippen LogP contribution in [0.4, 0.5) is 0 Å². The SMILES string of the molecule is CC(C)c1cc2c(cc(=O)c1)C(NCCO)=CC2=O. The third-order valence-corrected chi connectivity index (χ3v) is 3.12. The highest BCUT2D eigenvalue weighted by molar-refractivity contribution is 6.16. The van der Waals surface area contributed by atoms with E-state index in [1.807, 2.05) is 13.8 Å². The lowest BCUT2D eigenvalue weighted by Crippen LogP contribution is -2.16. The minimum absolute atomic E-state index is 0.0265. The van der Waals surface area contributed by atoms with Crippen molar-refractivity contribution in [3.8, 4) is 0 Å². The largest absolute Gasteiger partial charge is 0.395 e. The van der Waals surface area contributed by atoms with Gasteiger partial charge in [0.2, 0.25) is 0 Å². The second kappa shape index (κ2) is 5.36. The number of fused-ring (bicyclic) bond motifs is 1. The van der Waals surface area contributed by atoms with Crippen LogP contribution in [0, 0.1) is 0 Å². The summed E-state index contributed by atoms with van der Waals surface area (Å²) in [5, 5.41) is 11.8. The summed E-state index contributed by atoms with van der Waals surface area (Å²) < 4.78 is 0. The quantitative estimate of drug-likeness (QED) is 0.855. The summed E-state index contributed by atoms with van der Waals surface area (Å²) in [6.07, 6.45) is 1.48. The molecule has 0 atom stereocenters. The van der Waals surface area contributed by atoms with Gasteiger partial charge in [-0.15, -0.1) is 0 Å². The first-order chi connectivity index (χ1) is 9.02. The van der Waals surface area contributed by atoms with E-state index in [4.69, 9.17) is 5.11 Å². The summed E-state index contributed by atoms with van der Waals surface area (Å²) in [7, 11) is 0. The van der Waals surface area contributed by atoms with E-state index >= 15 is 0 Å². The molecule has 2 N–H and O–H groups in total. The molecule has 1 aliphatic rings. The maximum atomic E-state index is 12.0. The molecule has 0 saturated heterocycles. The lowest BCUT2D eigenvalue weighted by Gasteiger charge is -2.05. The van der Waals surface area contributed by atoms with Gasteiger partial charge in [0.15, 0.2) is 11.2 Å². The second-order valence-corrected chi connectivity index (χ2v) is 4.89. The zero-order valence-corrected chi connectivity index (χ0v) is 11.1. The molecular formula is C15H17NO3. The van der Waals surface area contributed by atoms with Gasteiger partial charge in [-0.3, -0.25) is 9.59 Å². The van der Waals surface area contributed by atoms with Gasteiger partial charge in [-0.05, 0) is 29.7 Å². The van der Waals surface area contributed by atoms with Crippen molar-refractivity contribution in [3.63, 3.8) is 0 Å². The number of allylic oxidation sites excluding steroid dienone is 1. The van der Waals surface area contributed by atoms with Gasteiger partial charge in [0.05, 0.1) is 6.61 Å². The molecule has 100 valence electrons. The molecule has 0 heterocycles. The maximum Gasteiger partial charge on any atom is 0.188 e. The molecule has 0 fully saturated rings. The lowest BCUT2D eigenvalue weighted by atomic mass is 10.0. The number of hydrogen-bond acceptors (Lipinski definition) is 4. The fourth-order valence-electron chi connectivity index (χ4n) is 2.10. The molecule has 19 heavy (non-hydrogen) atoms. The Morgan fingerprint density at radius 1 is 1.16 bits per heavy atom. The third-order valence-electron chi connectivity index (χ3n) is 3.12. The number of ketones is 1. The Kier molecular flexibility index (Phi) is 3.81. The number of carbonyl (C=O) groups excluding carboxylic acids is 1. The Morgan fingerprint density at radius 2 is 1.89 bits per heavy atom. The fourth-order valence-corrected chi connectivity index (χ4v) is 2.10. The summed E-state index contributed by atoms with van der Waals surface area (Å²) in [6, 6.07) is 4.83. The number of aliphatic hydroxyl groups excluding tert-OH is 1. The highest BCUT2D eigenvalue weighted by atomic mass is 16.3. The summed E-state index contributed by atoms with van der Waals surface area (Å²) in [4.78, 5) is 23.8. The van der Waals surface area contributed by atoms with E-state index in [-0.39, 0.29) is 23.7 Å². The monoisotopic (exact) mass is 259 g/mol. The Hall–Kier alpha value is -1.94. The van der Waals surface area contributed by atoms with Crippen LogP contribution < -0.4 is 10.7 Å². The van der Waals surface area contributed by atoms with Crippen molar-refractivity contribution < 1.29 is 9.90 Å². The summed E-state index contributed by atoms with van der Waals surface area (Å²) >= 11 is 0. The topological polar surface area (TPSA) is 66.4 Å². The molecule has 2 rings (SSSR count). The molecule has 1 aromatic carbocycles. The minimum Gasteiger partial charge on any atom is -0.395 e. The average Bonchev–Trinajstić information content (AvgIpc) is 2.54. The van der Waals surface area contributed by atoms with Gasteiger partial charge in [-0.2, -0.15) is 0 Å². The Bertz CT molecular complexity index is 603. The van der Waals surface area contributed by atoms with Crippen molar-refractivity contribution >= 4 is 11.5 Å². The van der Waals surface area contributed by atoms with Crippen molar-refractivity contribution in [2.75, 3.05) is 13.2 Å². The van der Waals surface area contributed by atoms with E-state index in [1.165, 1.54) is 12.1 Å². The average molecular weight is 259 g/mol. The number of carbonyl (C=O) groups is 1. The van der Waals surface area contributed by atoms with Crippen LogP contribution in [0.25, 0.3) is 5.70 Å². The van der Waals surface area contributed by atoms with E-state index in [9.17, 15) is 9.59 Å². The first-order valence-corrected chi connectivity index (χ1v) is 6.33. The van der Waals surface area contributed by atoms with Gasteiger partial charge in [-0.1, -0.05) is 13.8 Å². The first-order valence-electron chi connectivity index (χ1n) is 6.33. The molecule has 4 heteroatoms. The van der Waals surface area contributed by atoms with Crippen molar-refractivity contribution in [2.45, 2.75) is 19.8 Å². The third kappa shape index (κ3) is 2.74. The molecule has 0 bridgehead atoms. The summed E-state index contributed by atoms with van der Waals surface area (Å²) in [5.74, 6) is 0.0828. The molecule has 0 saturated carbocycles. The van der Waals surface area contributed by atoms with Crippen LogP contribution in [0.3, 0.4) is 0 Å². The predicted molar refractivity (Wildman–Crippen MR) is 74.2 cm³/mol. The van der Waals surface area contributed by atoms with Gasteiger partial charge >= 0.3 is 0 Å². The zero-order valence-electron chi connectivity index (χ0n) is 11.1. The van der Waals surface area contributed by atoms with Gasteiger partial charge in [-0.25, -0.2) is 0 Å². The molecule has 1 aliphatic carbocycles. The highest BCUT2D eigenvalue weighted by Crippen LogP contribution is 2.25. The molecule has 0 amide bonds. The van der Waals surface area contributed by atoms with Crippen LogP contribution in [0.15, 0.2) is 29.1 Å². The number of hydrogen-bond donors (Lipinski definition) is 2. The van der Waals surface area contributed by atoms with E-state index in [0.717, 1.165) is 5.56 Å². The molecule has 4 nitrogen and oxygen atoms in total. The second-order valence-electron chi connectivity index (χ2n) is 4.89.